The Balaban J connectivity index is 1.59. The summed E-state index contributed by atoms with van der Waals surface area (Å²) in [4.78, 5) is 8.26. The van der Waals surface area contributed by atoms with E-state index < -0.39 is 0 Å². The highest BCUT2D eigenvalue weighted by molar-refractivity contribution is 5.77. The van der Waals surface area contributed by atoms with Crippen molar-refractivity contribution < 1.29 is 18.7 Å². The molecule has 2 aromatic heterocycles. The number of anilines is 2. The number of phenolic OH excluding ortho intramolecular Hbond substituents is 1. The number of nitrogens with zero attached hydrogens (tertiary/aromatic N) is 2. The van der Waals surface area contributed by atoms with Gasteiger partial charge in [0.2, 0.25) is 0 Å². The SMILES string of the molecule is COc1ccc(-c2cnc(Nc3ccc4ncoc4c3)o2)cc1O. The fourth-order valence-electron chi connectivity index (χ4n) is 2.36. The number of benzene rings is 2. The Kier molecular flexibility index (Phi) is 3.31. The maximum atomic E-state index is 9.86. The largest absolute Gasteiger partial charge is 0.504 e. The zero-order chi connectivity index (χ0) is 16.5. The molecule has 120 valence electrons. The van der Waals surface area contributed by atoms with Crippen LogP contribution in [-0.2, 0) is 0 Å². The molecule has 7 nitrogen and oxygen atoms in total. The maximum absolute atomic E-state index is 9.86. The molecule has 0 fully saturated rings. The minimum Gasteiger partial charge on any atom is -0.504 e. The first-order chi connectivity index (χ1) is 11.7. The number of hydrogen-bond acceptors (Lipinski definition) is 7. The number of phenols is 1. The Labute approximate surface area is 136 Å². The van der Waals surface area contributed by atoms with Crippen molar-refractivity contribution in [3.63, 3.8) is 0 Å². The van der Waals surface area contributed by atoms with Gasteiger partial charge in [0.25, 0.3) is 6.01 Å². The summed E-state index contributed by atoms with van der Waals surface area (Å²) in [5.41, 5.74) is 2.92. The van der Waals surface area contributed by atoms with Gasteiger partial charge in [-0.25, -0.2) is 9.97 Å². The second kappa shape index (κ2) is 5.62. The average Bonchev–Trinajstić information content (AvgIpc) is 3.23. The average molecular weight is 323 g/mol. The number of methoxy groups -OCH3 is 1. The van der Waals surface area contributed by atoms with E-state index in [2.05, 4.69) is 15.3 Å². The predicted octanol–water partition coefficient (Wildman–Crippen LogP) is 3.94. The van der Waals surface area contributed by atoms with Crippen molar-refractivity contribution >= 4 is 22.8 Å². The van der Waals surface area contributed by atoms with Crippen molar-refractivity contribution in [2.24, 2.45) is 0 Å². The molecular formula is C17H13N3O4. The molecule has 0 saturated heterocycles. The van der Waals surface area contributed by atoms with Crippen molar-refractivity contribution in [2.45, 2.75) is 0 Å². The third kappa shape index (κ3) is 2.52. The standard InChI is InChI=1S/C17H13N3O4/c1-22-14-5-2-10(6-13(14)21)16-8-18-17(24-16)20-11-3-4-12-15(7-11)23-9-19-12/h2-9,21H,1H3,(H,18,20). The van der Waals surface area contributed by atoms with Crippen LogP contribution in [0.2, 0.25) is 0 Å². The second-order valence-corrected chi connectivity index (χ2v) is 5.08. The van der Waals surface area contributed by atoms with Crippen LogP contribution in [0.5, 0.6) is 11.5 Å². The smallest absolute Gasteiger partial charge is 0.299 e. The highest BCUT2D eigenvalue weighted by Gasteiger charge is 2.10. The van der Waals surface area contributed by atoms with E-state index in [1.165, 1.54) is 13.5 Å². The first-order valence-corrected chi connectivity index (χ1v) is 7.16. The molecule has 2 heterocycles. The lowest BCUT2D eigenvalue weighted by molar-refractivity contribution is 0.373. The molecule has 4 rings (SSSR count). The summed E-state index contributed by atoms with van der Waals surface area (Å²) in [6.45, 7) is 0. The van der Waals surface area contributed by atoms with Gasteiger partial charge in [-0.2, -0.15) is 0 Å². The predicted molar refractivity (Wildman–Crippen MR) is 87.4 cm³/mol. The fourth-order valence-corrected chi connectivity index (χ4v) is 2.36. The first kappa shape index (κ1) is 14.1. The summed E-state index contributed by atoms with van der Waals surface area (Å²) in [6, 6.07) is 10.8. The summed E-state index contributed by atoms with van der Waals surface area (Å²) >= 11 is 0. The van der Waals surface area contributed by atoms with Gasteiger partial charge < -0.3 is 24.0 Å². The van der Waals surface area contributed by atoms with Crippen molar-refractivity contribution in [3.05, 3.63) is 49.0 Å². The van der Waals surface area contributed by atoms with E-state index in [-0.39, 0.29) is 5.75 Å². The van der Waals surface area contributed by atoms with Crippen LogP contribution in [0.15, 0.2) is 57.8 Å². The molecule has 0 saturated carbocycles. The summed E-state index contributed by atoms with van der Waals surface area (Å²) in [6.07, 6.45) is 2.98. The number of nitrogens with one attached hydrogen (secondary N) is 1. The minimum atomic E-state index is 0.0386. The normalized spacial score (nSPS) is 10.9. The Bertz CT molecular complexity index is 1010. The van der Waals surface area contributed by atoms with Gasteiger partial charge in [0.15, 0.2) is 29.2 Å². The van der Waals surface area contributed by atoms with Crippen LogP contribution in [-0.4, -0.2) is 22.2 Å². The number of ether oxygens (including phenoxy) is 1. The monoisotopic (exact) mass is 323 g/mol. The first-order valence-electron chi connectivity index (χ1n) is 7.16. The van der Waals surface area contributed by atoms with Crippen LogP contribution in [0, 0.1) is 0 Å². The molecule has 0 spiro atoms. The van der Waals surface area contributed by atoms with E-state index in [1.807, 2.05) is 18.2 Å². The van der Waals surface area contributed by atoms with E-state index in [1.54, 1.807) is 24.4 Å². The van der Waals surface area contributed by atoms with Gasteiger partial charge in [-0.05, 0) is 30.3 Å². The molecule has 0 unspecified atom stereocenters. The zero-order valence-corrected chi connectivity index (χ0v) is 12.7. The van der Waals surface area contributed by atoms with Crippen LogP contribution in [0.4, 0.5) is 11.7 Å². The Morgan fingerprint density at radius 2 is 2.04 bits per heavy atom. The topological polar surface area (TPSA) is 93.5 Å². The number of hydrogen-bond donors (Lipinski definition) is 2. The molecule has 0 atom stereocenters. The summed E-state index contributed by atoms with van der Waals surface area (Å²) in [7, 11) is 1.50. The molecule has 0 aliphatic rings. The number of aromatic nitrogens is 2. The van der Waals surface area contributed by atoms with E-state index in [0.717, 1.165) is 11.2 Å². The van der Waals surface area contributed by atoms with Crippen molar-refractivity contribution in [1.82, 2.24) is 9.97 Å². The van der Waals surface area contributed by atoms with E-state index >= 15 is 0 Å². The third-order valence-electron chi connectivity index (χ3n) is 3.55. The highest BCUT2D eigenvalue weighted by atomic mass is 16.5. The molecule has 0 radical (unpaired) electrons. The fraction of sp³-hybridized carbons (Fsp3) is 0.0588. The van der Waals surface area contributed by atoms with Gasteiger partial charge in [0.05, 0.1) is 13.3 Å². The lowest BCUT2D eigenvalue weighted by Crippen LogP contribution is -1.89. The Morgan fingerprint density at radius 3 is 2.88 bits per heavy atom. The number of fused-ring (bicyclic) bond motifs is 1. The lowest BCUT2D eigenvalue weighted by atomic mass is 10.1. The van der Waals surface area contributed by atoms with Gasteiger partial charge in [-0.15, -0.1) is 0 Å². The lowest BCUT2D eigenvalue weighted by Gasteiger charge is -2.04. The maximum Gasteiger partial charge on any atom is 0.299 e. The van der Waals surface area contributed by atoms with Crippen LogP contribution >= 0.6 is 0 Å². The minimum absolute atomic E-state index is 0.0386. The quantitative estimate of drug-likeness (QED) is 0.587. The van der Waals surface area contributed by atoms with Crippen molar-refractivity contribution in [2.75, 3.05) is 12.4 Å². The number of aromatic hydroxyl groups is 1. The summed E-state index contributed by atoms with van der Waals surface area (Å²) < 4.78 is 16.0. The van der Waals surface area contributed by atoms with Gasteiger partial charge in [0.1, 0.15) is 5.52 Å². The van der Waals surface area contributed by atoms with Crippen LogP contribution in [0.25, 0.3) is 22.4 Å². The van der Waals surface area contributed by atoms with Crippen molar-refractivity contribution in [1.29, 1.82) is 0 Å². The van der Waals surface area contributed by atoms with E-state index in [4.69, 9.17) is 13.6 Å². The number of rotatable bonds is 4. The van der Waals surface area contributed by atoms with Gasteiger partial charge in [-0.1, -0.05) is 0 Å². The molecular weight excluding hydrogens is 310 g/mol. The van der Waals surface area contributed by atoms with Crippen LogP contribution < -0.4 is 10.1 Å². The molecule has 2 N–H and O–H groups in total. The van der Waals surface area contributed by atoms with Gasteiger partial charge >= 0.3 is 0 Å². The molecule has 0 aliphatic heterocycles. The molecule has 4 aromatic rings. The number of oxazole rings is 2. The van der Waals surface area contributed by atoms with Crippen LogP contribution in [0.1, 0.15) is 0 Å². The van der Waals surface area contributed by atoms with Crippen LogP contribution in [0.3, 0.4) is 0 Å². The van der Waals surface area contributed by atoms with Gasteiger partial charge in [-0.3, -0.25) is 0 Å². The molecule has 7 heteroatoms. The molecule has 24 heavy (non-hydrogen) atoms. The molecule has 0 aliphatic carbocycles. The summed E-state index contributed by atoms with van der Waals surface area (Å²) in [5.74, 6) is 0.963. The Morgan fingerprint density at radius 1 is 1.12 bits per heavy atom. The van der Waals surface area contributed by atoms with Crippen molar-refractivity contribution in [3.8, 4) is 22.8 Å². The zero-order valence-electron chi connectivity index (χ0n) is 12.7. The molecule has 0 bridgehead atoms. The Hall–Kier alpha value is -3.48. The van der Waals surface area contributed by atoms with E-state index in [0.29, 0.717) is 28.7 Å². The second-order valence-electron chi connectivity index (χ2n) is 5.08. The third-order valence-corrected chi connectivity index (χ3v) is 3.55. The van der Waals surface area contributed by atoms with Gasteiger partial charge in [0, 0.05) is 17.3 Å². The molecule has 0 amide bonds. The van der Waals surface area contributed by atoms with E-state index in [9.17, 15) is 5.11 Å². The highest BCUT2D eigenvalue weighted by Crippen LogP contribution is 2.32. The molecule has 2 aromatic carbocycles. The summed E-state index contributed by atoms with van der Waals surface area (Å²) in [5, 5.41) is 12.9.